The van der Waals surface area contributed by atoms with Crippen LogP contribution < -0.4 is 5.32 Å². The maximum atomic E-state index is 13.1. The number of amides is 1. The zero-order valence-corrected chi connectivity index (χ0v) is 19.7. The van der Waals surface area contributed by atoms with Gasteiger partial charge in [-0.2, -0.15) is 9.29 Å². The van der Waals surface area contributed by atoms with E-state index in [0.29, 0.717) is 56.2 Å². The van der Waals surface area contributed by atoms with Crippen LogP contribution >= 0.6 is 11.3 Å². The van der Waals surface area contributed by atoms with Crippen LogP contribution in [0, 0.1) is 12.8 Å². The third kappa shape index (κ3) is 4.92. The Bertz CT molecular complexity index is 1180. The molecule has 0 bridgehead atoms. The highest BCUT2D eigenvalue weighted by molar-refractivity contribution is 7.91. The predicted octanol–water partition coefficient (Wildman–Crippen LogP) is 3.39. The number of benzene rings is 1. The van der Waals surface area contributed by atoms with Gasteiger partial charge in [0.05, 0.1) is 0 Å². The highest BCUT2D eigenvalue weighted by Gasteiger charge is 2.33. The fourth-order valence-electron chi connectivity index (χ4n) is 3.61. The van der Waals surface area contributed by atoms with Gasteiger partial charge in [0, 0.05) is 42.9 Å². The summed E-state index contributed by atoms with van der Waals surface area (Å²) in [6, 6.07) is 9.62. The number of aryl methyl sites for hydroxylation is 2. The number of carbonyl (C=O) groups excluding carboxylic acids is 1. The molecule has 4 rings (SSSR count). The number of rotatable bonds is 7. The monoisotopic (exact) mass is 474 g/mol. The van der Waals surface area contributed by atoms with E-state index in [1.807, 2.05) is 38.1 Å². The van der Waals surface area contributed by atoms with Gasteiger partial charge in [0.2, 0.25) is 17.6 Å². The predicted molar refractivity (Wildman–Crippen MR) is 121 cm³/mol. The fourth-order valence-corrected chi connectivity index (χ4v) is 6.39. The SMILES string of the molecule is CCc1nc(-c2csc(S(=O)(=O)N3CCC(C(=O)NCc4ccc(C)cc4)CC3)c2)no1. The smallest absolute Gasteiger partial charge is 0.252 e. The second-order valence-electron chi connectivity index (χ2n) is 7.90. The van der Waals surface area contributed by atoms with E-state index in [1.165, 1.54) is 9.87 Å². The van der Waals surface area contributed by atoms with Crippen molar-refractivity contribution in [3.8, 4) is 11.4 Å². The molecule has 0 aliphatic carbocycles. The summed E-state index contributed by atoms with van der Waals surface area (Å²) in [5.41, 5.74) is 2.85. The van der Waals surface area contributed by atoms with Crippen LogP contribution in [0.2, 0.25) is 0 Å². The van der Waals surface area contributed by atoms with Crippen LogP contribution in [-0.4, -0.2) is 41.9 Å². The zero-order valence-electron chi connectivity index (χ0n) is 18.1. The van der Waals surface area contributed by atoms with Gasteiger partial charge >= 0.3 is 0 Å². The molecule has 1 saturated heterocycles. The topological polar surface area (TPSA) is 105 Å². The van der Waals surface area contributed by atoms with Gasteiger partial charge in [-0.15, -0.1) is 11.3 Å². The normalized spacial score (nSPS) is 15.7. The van der Waals surface area contributed by atoms with E-state index in [9.17, 15) is 13.2 Å². The molecule has 8 nitrogen and oxygen atoms in total. The van der Waals surface area contributed by atoms with Crippen molar-refractivity contribution in [2.24, 2.45) is 5.92 Å². The third-order valence-electron chi connectivity index (χ3n) is 5.61. The van der Waals surface area contributed by atoms with Crippen LogP contribution in [0.25, 0.3) is 11.4 Å². The van der Waals surface area contributed by atoms with Gasteiger partial charge in [-0.1, -0.05) is 41.9 Å². The number of nitrogens with zero attached hydrogens (tertiary/aromatic N) is 3. The van der Waals surface area contributed by atoms with Crippen molar-refractivity contribution in [2.45, 2.75) is 43.9 Å². The number of hydrogen-bond donors (Lipinski definition) is 1. The summed E-state index contributed by atoms with van der Waals surface area (Å²) in [6.07, 6.45) is 1.62. The van der Waals surface area contributed by atoms with E-state index < -0.39 is 10.0 Å². The Morgan fingerprint density at radius 1 is 1.25 bits per heavy atom. The lowest BCUT2D eigenvalue weighted by molar-refractivity contribution is -0.126. The Hall–Kier alpha value is -2.56. The molecule has 0 saturated carbocycles. The van der Waals surface area contributed by atoms with E-state index >= 15 is 0 Å². The second kappa shape index (κ2) is 9.51. The molecule has 170 valence electrons. The molecule has 1 fully saturated rings. The van der Waals surface area contributed by atoms with Crippen molar-refractivity contribution in [1.82, 2.24) is 19.8 Å². The summed E-state index contributed by atoms with van der Waals surface area (Å²) in [5.74, 6) is 0.698. The van der Waals surface area contributed by atoms with Crippen molar-refractivity contribution >= 4 is 27.3 Å². The number of aromatic nitrogens is 2. The minimum Gasteiger partial charge on any atom is -0.352 e. The Balaban J connectivity index is 1.34. The summed E-state index contributed by atoms with van der Waals surface area (Å²) in [7, 11) is -3.62. The molecule has 0 atom stereocenters. The number of sulfonamides is 1. The van der Waals surface area contributed by atoms with Crippen molar-refractivity contribution in [1.29, 1.82) is 0 Å². The molecule has 1 aliphatic rings. The Morgan fingerprint density at radius 2 is 1.97 bits per heavy atom. The molecule has 1 amide bonds. The highest BCUT2D eigenvalue weighted by atomic mass is 32.2. The first-order chi connectivity index (χ1) is 15.4. The van der Waals surface area contributed by atoms with Crippen LogP contribution in [0.4, 0.5) is 0 Å². The third-order valence-corrected chi connectivity index (χ3v) is 8.92. The van der Waals surface area contributed by atoms with Crippen LogP contribution in [0.15, 0.2) is 44.4 Å². The number of nitrogens with one attached hydrogen (secondary N) is 1. The summed E-state index contributed by atoms with van der Waals surface area (Å²) in [6.45, 7) is 5.05. The van der Waals surface area contributed by atoms with E-state index in [2.05, 4.69) is 15.5 Å². The molecule has 0 unspecified atom stereocenters. The Morgan fingerprint density at radius 3 is 2.62 bits per heavy atom. The lowest BCUT2D eigenvalue weighted by atomic mass is 9.97. The first-order valence-electron chi connectivity index (χ1n) is 10.6. The van der Waals surface area contributed by atoms with Crippen LogP contribution in [0.5, 0.6) is 0 Å². The molecule has 0 spiro atoms. The quantitative estimate of drug-likeness (QED) is 0.563. The van der Waals surface area contributed by atoms with Crippen LogP contribution in [0.1, 0.15) is 36.8 Å². The minimum absolute atomic E-state index is 0.0233. The van der Waals surface area contributed by atoms with Crippen molar-refractivity contribution in [2.75, 3.05) is 13.1 Å². The van der Waals surface area contributed by atoms with E-state index in [-0.39, 0.29) is 16.0 Å². The number of carbonyl (C=O) groups is 1. The van der Waals surface area contributed by atoms with Gasteiger partial charge in [0.25, 0.3) is 10.0 Å². The van der Waals surface area contributed by atoms with E-state index in [1.54, 1.807) is 11.4 Å². The average Bonchev–Trinajstić information content (AvgIpc) is 3.48. The van der Waals surface area contributed by atoms with Crippen molar-refractivity contribution < 1.29 is 17.7 Å². The second-order valence-corrected chi connectivity index (χ2v) is 11.0. The van der Waals surface area contributed by atoms with Gasteiger partial charge in [-0.05, 0) is 31.4 Å². The van der Waals surface area contributed by atoms with Gasteiger partial charge in [0.1, 0.15) is 4.21 Å². The Labute approximate surface area is 191 Å². The molecular weight excluding hydrogens is 448 g/mol. The van der Waals surface area contributed by atoms with Crippen LogP contribution in [-0.2, 0) is 27.8 Å². The molecule has 3 aromatic rings. The molecule has 32 heavy (non-hydrogen) atoms. The minimum atomic E-state index is -3.62. The summed E-state index contributed by atoms with van der Waals surface area (Å²) in [4.78, 5) is 16.8. The molecule has 1 aliphatic heterocycles. The number of piperidine rings is 1. The highest BCUT2D eigenvalue weighted by Crippen LogP contribution is 2.31. The van der Waals surface area contributed by atoms with Crippen molar-refractivity contribution in [3.05, 3.63) is 52.7 Å². The van der Waals surface area contributed by atoms with Gasteiger partial charge in [0.15, 0.2) is 0 Å². The molecular formula is C22H26N4O4S2. The summed E-state index contributed by atoms with van der Waals surface area (Å²) >= 11 is 1.15. The maximum Gasteiger partial charge on any atom is 0.252 e. The Kier molecular flexibility index (Phi) is 6.73. The number of hydrogen-bond acceptors (Lipinski definition) is 7. The molecule has 3 heterocycles. The first kappa shape index (κ1) is 22.6. The van der Waals surface area contributed by atoms with E-state index in [4.69, 9.17) is 4.52 Å². The summed E-state index contributed by atoms with van der Waals surface area (Å²) in [5, 5.41) is 8.60. The maximum absolute atomic E-state index is 13.1. The first-order valence-corrected chi connectivity index (χ1v) is 12.9. The largest absolute Gasteiger partial charge is 0.352 e. The lowest BCUT2D eigenvalue weighted by Gasteiger charge is -2.30. The fraction of sp³-hybridized carbons (Fsp3) is 0.409. The summed E-state index contributed by atoms with van der Waals surface area (Å²) < 4.78 is 33.0. The van der Waals surface area contributed by atoms with Crippen molar-refractivity contribution in [3.63, 3.8) is 0 Å². The molecule has 0 radical (unpaired) electrons. The number of thiophene rings is 1. The van der Waals surface area contributed by atoms with E-state index in [0.717, 1.165) is 16.9 Å². The van der Waals surface area contributed by atoms with Gasteiger partial charge < -0.3 is 9.84 Å². The average molecular weight is 475 g/mol. The standard InChI is InChI=1S/C22H26N4O4S2/c1-3-19-24-21(25-30-19)18-12-20(31-14-18)32(28,29)26-10-8-17(9-11-26)22(27)23-13-16-6-4-15(2)5-7-16/h4-7,12,14,17H,3,8-11,13H2,1-2H3,(H,23,27). The zero-order chi connectivity index (χ0) is 22.7. The molecule has 1 aromatic carbocycles. The molecule has 2 aromatic heterocycles. The van der Waals surface area contributed by atoms with Crippen LogP contribution in [0.3, 0.4) is 0 Å². The van der Waals surface area contributed by atoms with Gasteiger partial charge in [-0.3, -0.25) is 4.79 Å². The van der Waals surface area contributed by atoms with Gasteiger partial charge in [-0.25, -0.2) is 8.42 Å². The molecule has 1 N–H and O–H groups in total. The lowest BCUT2D eigenvalue weighted by Crippen LogP contribution is -2.42. The molecule has 10 heteroatoms.